The molecule has 0 aliphatic heterocycles. The van der Waals surface area contributed by atoms with Gasteiger partial charge < -0.3 is 9.84 Å². The van der Waals surface area contributed by atoms with Crippen LogP contribution in [0.2, 0.25) is 0 Å². The molecule has 6 heteroatoms. The number of nitro groups is 1. The third kappa shape index (κ3) is 2.37. The van der Waals surface area contributed by atoms with Gasteiger partial charge in [-0.05, 0) is 25.0 Å². The smallest absolute Gasteiger partial charge is 0.313 e. The Morgan fingerprint density at radius 3 is 2.67 bits per heavy atom. The van der Waals surface area contributed by atoms with E-state index in [1.165, 1.54) is 6.07 Å². The Morgan fingerprint density at radius 2 is 2.05 bits per heavy atom. The van der Waals surface area contributed by atoms with Gasteiger partial charge in [-0.15, -0.1) is 0 Å². The Hall–Kier alpha value is -1.69. The summed E-state index contributed by atoms with van der Waals surface area (Å²) in [5, 5.41) is 21.1. The third-order valence-corrected chi connectivity index (χ3v) is 4.91. The first-order valence-electron chi connectivity index (χ1n) is 7.31. The van der Waals surface area contributed by atoms with E-state index in [2.05, 4.69) is 0 Å². The van der Waals surface area contributed by atoms with E-state index in [4.69, 9.17) is 4.74 Å². The number of nitrogens with zero attached hydrogens (tertiary/aromatic N) is 1. The highest BCUT2D eigenvalue weighted by atomic mass is 19.1. The molecule has 2 aliphatic rings. The van der Waals surface area contributed by atoms with Crippen molar-refractivity contribution < 1.29 is 19.2 Å². The highest BCUT2D eigenvalue weighted by molar-refractivity contribution is 5.46. The standard InChI is InChI=1S/C15H18FNO4/c16-10-4-5-12(11(8-10)17(19)20)21-14-9-13(18)15(14)6-2-1-3-7-15/h4-5,8,13-14,18H,1-3,6-7,9H2. The lowest BCUT2D eigenvalue weighted by Crippen LogP contribution is -2.60. The molecule has 3 rings (SSSR count). The molecule has 0 aromatic heterocycles. The van der Waals surface area contributed by atoms with Crippen LogP contribution in [0.15, 0.2) is 18.2 Å². The molecular weight excluding hydrogens is 277 g/mol. The van der Waals surface area contributed by atoms with Crippen LogP contribution in [0.4, 0.5) is 10.1 Å². The number of ether oxygens (including phenoxy) is 1. The van der Waals surface area contributed by atoms with Crippen LogP contribution in [0.3, 0.4) is 0 Å². The molecule has 0 radical (unpaired) electrons. The summed E-state index contributed by atoms with van der Waals surface area (Å²) in [6.07, 6.45) is 4.86. The number of rotatable bonds is 3. The van der Waals surface area contributed by atoms with Crippen LogP contribution >= 0.6 is 0 Å². The van der Waals surface area contributed by atoms with Crippen molar-refractivity contribution in [3.05, 3.63) is 34.1 Å². The van der Waals surface area contributed by atoms with Gasteiger partial charge in [0.05, 0.1) is 17.1 Å². The van der Waals surface area contributed by atoms with Crippen LogP contribution in [-0.2, 0) is 0 Å². The Bertz CT molecular complexity index is 557. The summed E-state index contributed by atoms with van der Waals surface area (Å²) < 4.78 is 18.9. The molecule has 114 valence electrons. The van der Waals surface area contributed by atoms with Crippen LogP contribution in [0.25, 0.3) is 0 Å². The molecule has 2 atom stereocenters. The van der Waals surface area contributed by atoms with E-state index in [9.17, 15) is 19.6 Å². The van der Waals surface area contributed by atoms with E-state index in [-0.39, 0.29) is 23.0 Å². The Kier molecular flexibility index (Phi) is 3.57. The number of aliphatic hydroxyl groups excluding tert-OH is 1. The fourth-order valence-electron chi connectivity index (χ4n) is 3.64. The van der Waals surface area contributed by atoms with E-state index in [0.717, 1.165) is 44.2 Å². The molecule has 1 aromatic carbocycles. The molecule has 1 spiro atoms. The summed E-state index contributed by atoms with van der Waals surface area (Å²) in [4.78, 5) is 10.4. The van der Waals surface area contributed by atoms with E-state index in [0.29, 0.717) is 6.42 Å². The lowest BCUT2D eigenvalue weighted by Gasteiger charge is -2.54. The monoisotopic (exact) mass is 295 g/mol. The van der Waals surface area contributed by atoms with Crippen molar-refractivity contribution in [1.82, 2.24) is 0 Å². The molecule has 2 unspecified atom stereocenters. The summed E-state index contributed by atoms with van der Waals surface area (Å²) in [5.74, 6) is -0.571. The predicted octanol–water partition coefficient (Wildman–Crippen LogP) is 3.20. The molecular formula is C15H18FNO4. The molecule has 5 nitrogen and oxygen atoms in total. The minimum atomic E-state index is -0.657. The fraction of sp³-hybridized carbons (Fsp3) is 0.600. The summed E-state index contributed by atoms with van der Waals surface area (Å²) in [6, 6.07) is 3.33. The van der Waals surface area contributed by atoms with Crippen molar-refractivity contribution in [1.29, 1.82) is 0 Å². The molecule has 0 heterocycles. The van der Waals surface area contributed by atoms with Crippen molar-refractivity contribution in [3.63, 3.8) is 0 Å². The molecule has 0 saturated heterocycles. The zero-order chi connectivity index (χ0) is 15.0. The highest BCUT2D eigenvalue weighted by Crippen LogP contribution is 2.53. The van der Waals surface area contributed by atoms with Crippen molar-refractivity contribution >= 4 is 5.69 Å². The van der Waals surface area contributed by atoms with Gasteiger partial charge in [0.2, 0.25) is 0 Å². The third-order valence-electron chi connectivity index (χ3n) is 4.91. The average molecular weight is 295 g/mol. The Morgan fingerprint density at radius 1 is 1.33 bits per heavy atom. The largest absolute Gasteiger partial charge is 0.483 e. The number of hydrogen-bond acceptors (Lipinski definition) is 4. The molecule has 2 fully saturated rings. The van der Waals surface area contributed by atoms with Gasteiger partial charge in [0.15, 0.2) is 5.75 Å². The summed E-state index contributed by atoms with van der Waals surface area (Å²) in [6.45, 7) is 0. The van der Waals surface area contributed by atoms with Gasteiger partial charge in [-0.3, -0.25) is 10.1 Å². The lowest BCUT2D eigenvalue weighted by atomic mass is 9.56. The van der Waals surface area contributed by atoms with Crippen LogP contribution in [-0.4, -0.2) is 22.2 Å². The second kappa shape index (κ2) is 5.26. The van der Waals surface area contributed by atoms with Crippen molar-refractivity contribution in [3.8, 4) is 5.75 Å². The molecule has 2 aliphatic carbocycles. The molecule has 2 saturated carbocycles. The summed E-state index contributed by atoms with van der Waals surface area (Å²) in [5.41, 5.74) is -0.636. The Balaban J connectivity index is 1.82. The fourth-order valence-corrected chi connectivity index (χ4v) is 3.64. The SMILES string of the molecule is O=[N+]([O-])c1cc(F)ccc1OC1CC(O)C12CCCCC2. The van der Waals surface area contributed by atoms with E-state index >= 15 is 0 Å². The minimum Gasteiger partial charge on any atom is -0.483 e. The van der Waals surface area contributed by atoms with E-state index < -0.39 is 16.8 Å². The van der Waals surface area contributed by atoms with Gasteiger partial charge in [-0.25, -0.2) is 4.39 Å². The molecule has 0 amide bonds. The van der Waals surface area contributed by atoms with Gasteiger partial charge in [-0.1, -0.05) is 19.3 Å². The van der Waals surface area contributed by atoms with Crippen LogP contribution in [0.5, 0.6) is 5.75 Å². The predicted molar refractivity (Wildman–Crippen MR) is 73.6 cm³/mol. The first kappa shape index (κ1) is 14.3. The van der Waals surface area contributed by atoms with Gasteiger partial charge in [0, 0.05) is 11.8 Å². The zero-order valence-corrected chi connectivity index (χ0v) is 11.6. The van der Waals surface area contributed by atoms with Gasteiger partial charge >= 0.3 is 5.69 Å². The molecule has 21 heavy (non-hydrogen) atoms. The quantitative estimate of drug-likeness (QED) is 0.686. The minimum absolute atomic E-state index is 0.0863. The number of hydrogen-bond donors (Lipinski definition) is 1. The van der Waals surface area contributed by atoms with Crippen LogP contribution in [0.1, 0.15) is 38.5 Å². The van der Waals surface area contributed by atoms with Gasteiger partial charge in [-0.2, -0.15) is 0 Å². The molecule has 1 aromatic rings. The van der Waals surface area contributed by atoms with E-state index in [1.54, 1.807) is 0 Å². The van der Waals surface area contributed by atoms with Crippen molar-refractivity contribution in [2.24, 2.45) is 5.41 Å². The van der Waals surface area contributed by atoms with Crippen LogP contribution < -0.4 is 4.74 Å². The van der Waals surface area contributed by atoms with E-state index in [1.807, 2.05) is 0 Å². The number of halogens is 1. The van der Waals surface area contributed by atoms with Crippen molar-refractivity contribution in [2.45, 2.75) is 50.7 Å². The van der Waals surface area contributed by atoms with Crippen LogP contribution in [0, 0.1) is 21.3 Å². The normalized spacial score (nSPS) is 27.1. The maximum absolute atomic E-state index is 13.2. The maximum atomic E-state index is 13.2. The second-order valence-electron chi connectivity index (χ2n) is 6.02. The first-order valence-corrected chi connectivity index (χ1v) is 7.31. The summed E-state index contributed by atoms with van der Waals surface area (Å²) in [7, 11) is 0. The number of benzene rings is 1. The average Bonchev–Trinajstić information content (AvgIpc) is 2.49. The van der Waals surface area contributed by atoms with Crippen molar-refractivity contribution in [2.75, 3.05) is 0 Å². The molecule has 1 N–H and O–H groups in total. The highest BCUT2D eigenvalue weighted by Gasteiger charge is 2.56. The first-order chi connectivity index (χ1) is 10.0. The zero-order valence-electron chi connectivity index (χ0n) is 11.6. The van der Waals surface area contributed by atoms with Gasteiger partial charge in [0.1, 0.15) is 11.9 Å². The second-order valence-corrected chi connectivity index (χ2v) is 6.02. The van der Waals surface area contributed by atoms with Gasteiger partial charge in [0.25, 0.3) is 0 Å². The number of nitro benzene ring substituents is 1. The lowest BCUT2D eigenvalue weighted by molar-refractivity contribution is -0.386. The number of aliphatic hydroxyl groups is 1. The maximum Gasteiger partial charge on any atom is 0.313 e. The Labute approximate surface area is 121 Å². The summed E-state index contributed by atoms with van der Waals surface area (Å²) >= 11 is 0. The molecule has 0 bridgehead atoms. The topological polar surface area (TPSA) is 72.6 Å².